The Hall–Kier alpha value is -4.71. The van der Waals surface area contributed by atoms with E-state index < -0.39 is 10.0 Å². The molecule has 0 radical (unpaired) electrons. The van der Waals surface area contributed by atoms with Gasteiger partial charge in [0.1, 0.15) is 4.90 Å². The number of fused-ring (bicyclic) bond motifs is 1. The molecule has 5 aromatic rings. The summed E-state index contributed by atoms with van der Waals surface area (Å²) in [6.07, 6.45) is 4.39. The minimum absolute atomic E-state index is 0.0624. The lowest BCUT2D eigenvalue weighted by atomic mass is 10.1. The molecule has 0 amide bonds. The third-order valence-corrected chi connectivity index (χ3v) is 6.88. The highest BCUT2D eigenvalue weighted by atomic mass is 32.2. The van der Waals surface area contributed by atoms with E-state index >= 15 is 0 Å². The van der Waals surface area contributed by atoms with Gasteiger partial charge in [-0.25, -0.2) is 23.0 Å². The molecule has 2 aromatic carbocycles. The van der Waals surface area contributed by atoms with Crippen LogP contribution < -0.4 is 20.8 Å². The molecule has 0 fully saturated rings. The van der Waals surface area contributed by atoms with E-state index in [1.54, 1.807) is 49.5 Å². The fraction of sp³-hybridized carbons (Fsp3) is 0.0833. The Bertz CT molecular complexity index is 1760. The van der Waals surface area contributed by atoms with Gasteiger partial charge in [0.05, 0.1) is 35.6 Å². The number of sulfonamides is 1. The van der Waals surface area contributed by atoms with Crippen molar-refractivity contribution in [2.75, 3.05) is 17.6 Å². The lowest BCUT2D eigenvalue weighted by molar-refractivity contribution is 0.385. The quantitative estimate of drug-likeness (QED) is 0.359. The third-order valence-electron chi connectivity index (χ3n) is 5.50. The Morgan fingerprint density at radius 3 is 2.50 bits per heavy atom. The summed E-state index contributed by atoms with van der Waals surface area (Å²) in [6.45, 7) is 0. The zero-order chi connectivity index (χ0) is 25.4. The van der Waals surface area contributed by atoms with Crippen molar-refractivity contribution >= 4 is 32.6 Å². The van der Waals surface area contributed by atoms with E-state index in [1.807, 2.05) is 6.07 Å². The first kappa shape index (κ1) is 23.1. The number of nitrogens with two attached hydrogens (primary N) is 1. The van der Waals surface area contributed by atoms with Gasteiger partial charge in [0.25, 0.3) is 15.6 Å². The summed E-state index contributed by atoms with van der Waals surface area (Å²) >= 11 is 0. The predicted molar refractivity (Wildman–Crippen MR) is 136 cm³/mol. The second-order valence-corrected chi connectivity index (χ2v) is 9.57. The van der Waals surface area contributed by atoms with Crippen LogP contribution >= 0.6 is 0 Å². The summed E-state index contributed by atoms with van der Waals surface area (Å²) in [6, 6.07) is 15.4. The van der Waals surface area contributed by atoms with E-state index in [4.69, 9.17) is 10.5 Å². The van der Waals surface area contributed by atoms with Gasteiger partial charge >= 0.3 is 0 Å². The number of anilines is 2. The zero-order valence-corrected chi connectivity index (χ0v) is 20.1. The standard InChI is InChI=1S/C24H21N7O4S/c1-30-14-17(13-27-30)29-36(33,34)21-11-16(12-26-22(21)35-2)15-8-9-20-19(10-15)23(32)31(24(25)28-20)18-6-4-3-5-7-18/h3-14,29H,1-2H3,(H2,25,28). The van der Waals surface area contributed by atoms with Crippen LogP contribution in [0.25, 0.3) is 27.7 Å². The monoisotopic (exact) mass is 503 g/mol. The highest BCUT2D eigenvalue weighted by Crippen LogP contribution is 2.30. The number of nitrogen functional groups attached to an aromatic ring is 1. The minimum Gasteiger partial charge on any atom is -0.480 e. The lowest BCUT2D eigenvalue weighted by Crippen LogP contribution is -2.23. The maximum atomic E-state index is 13.4. The number of methoxy groups -OCH3 is 1. The second-order valence-electron chi connectivity index (χ2n) is 7.92. The van der Waals surface area contributed by atoms with Crippen molar-refractivity contribution in [3.8, 4) is 22.7 Å². The second kappa shape index (κ2) is 8.82. The lowest BCUT2D eigenvalue weighted by Gasteiger charge is -2.13. The zero-order valence-electron chi connectivity index (χ0n) is 19.3. The minimum atomic E-state index is -4.06. The summed E-state index contributed by atoms with van der Waals surface area (Å²) in [5.41, 5.74) is 8.06. The highest BCUT2D eigenvalue weighted by Gasteiger charge is 2.23. The number of nitrogens with zero attached hydrogens (tertiary/aromatic N) is 5. The molecule has 0 spiro atoms. The SMILES string of the molecule is COc1ncc(-c2ccc3nc(N)n(-c4ccccc4)c(=O)c3c2)cc1S(=O)(=O)Nc1cnn(C)c1. The summed E-state index contributed by atoms with van der Waals surface area (Å²) in [5, 5.41) is 4.29. The summed E-state index contributed by atoms with van der Waals surface area (Å²) in [5.74, 6) is -0.00998. The molecule has 5 rings (SSSR count). The van der Waals surface area contributed by atoms with Crippen LogP contribution in [0.15, 0.2) is 82.9 Å². The molecule has 0 aliphatic carbocycles. The van der Waals surface area contributed by atoms with Gasteiger partial charge in [0, 0.05) is 25.0 Å². The molecule has 0 saturated heterocycles. The average Bonchev–Trinajstić information content (AvgIpc) is 3.27. The molecular formula is C24H21N7O4S. The topological polar surface area (TPSA) is 147 Å². The van der Waals surface area contributed by atoms with Crippen LogP contribution in [0.2, 0.25) is 0 Å². The first-order valence-corrected chi connectivity index (χ1v) is 12.2. The molecule has 0 atom stereocenters. The molecule has 0 saturated carbocycles. The fourth-order valence-corrected chi connectivity index (χ4v) is 5.00. The average molecular weight is 504 g/mol. The van der Waals surface area contributed by atoms with Crippen LogP contribution in [0.4, 0.5) is 11.6 Å². The van der Waals surface area contributed by atoms with E-state index in [-0.39, 0.29) is 22.3 Å². The van der Waals surface area contributed by atoms with E-state index in [0.29, 0.717) is 33.4 Å². The fourth-order valence-electron chi connectivity index (χ4n) is 3.83. The highest BCUT2D eigenvalue weighted by molar-refractivity contribution is 7.92. The van der Waals surface area contributed by atoms with Gasteiger partial charge in [-0.1, -0.05) is 24.3 Å². The molecule has 11 nitrogen and oxygen atoms in total. The van der Waals surface area contributed by atoms with Gasteiger partial charge in [0.2, 0.25) is 11.8 Å². The van der Waals surface area contributed by atoms with Gasteiger partial charge in [-0.2, -0.15) is 5.10 Å². The Morgan fingerprint density at radius 1 is 1.03 bits per heavy atom. The van der Waals surface area contributed by atoms with E-state index in [2.05, 4.69) is 19.8 Å². The normalized spacial score (nSPS) is 11.5. The maximum absolute atomic E-state index is 13.4. The van der Waals surface area contributed by atoms with Crippen LogP contribution in [0, 0.1) is 0 Å². The van der Waals surface area contributed by atoms with Crippen molar-refractivity contribution in [1.29, 1.82) is 0 Å². The molecule has 12 heteroatoms. The molecule has 36 heavy (non-hydrogen) atoms. The Kier molecular flexibility index (Phi) is 5.65. The predicted octanol–water partition coefficient (Wildman–Crippen LogP) is 2.57. The molecule has 3 heterocycles. The Labute approximate surface area is 205 Å². The number of pyridine rings is 1. The van der Waals surface area contributed by atoms with Gasteiger partial charge in [0.15, 0.2) is 0 Å². The Balaban J connectivity index is 1.62. The number of hydrogen-bond donors (Lipinski definition) is 2. The van der Waals surface area contributed by atoms with Crippen LogP contribution in [0.3, 0.4) is 0 Å². The van der Waals surface area contributed by atoms with Gasteiger partial charge in [-0.3, -0.25) is 14.2 Å². The van der Waals surface area contributed by atoms with Crippen molar-refractivity contribution in [3.05, 3.63) is 83.5 Å². The summed E-state index contributed by atoms with van der Waals surface area (Å²) in [4.78, 5) is 21.8. The van der Waals surface area contributed by atoms with Gasteiger partial charge in [-0.15, -0.1) is 0 Å². The maximum Gasteiger partial charge on any atom is 0.267 e. The number of aromatic nitrogens is 5. The first-order valence-electron chi connectivity index (χ1n) is 10.7. The molecule has 0 unspecified atom stereocenters. The largest absolute Gasteiger partial charge is 0.480 e. The summed E-state index contributed by atoms with van der Waals surface area (Å²) in [7, 11) is -1.05. The first-order chi connectivity index (χ1) is 17.3. The van der Waals surface area contributed by atoms with E-state index in [1.165, 1.54) is 41.0 Å². The molecule has 3 aromatic heterocycles. The molecule has 0 aliphatic heterocycles. The van der Waals surface area contributed by atoms with Crippen molar-refractivity contribution in [1.82, 2.24) is 24.3 Å². The van der Waals surface area contributed by atoms with Gasteiger partial charge < -0.3 is 10.5 Å². The number of hydrogen-bond acceptors (Lipinski definition) is 8. The van der Waals surface area contributed by atoms with Gasteiger partial charge in [-0.05, 0) is 35.9 Å². The number of nitrogens with one attached hydrogen (secondary N) is 1. The van der Waals surface area contributed by atoms with Crippen molar-refractivity contribution in [2.45, 2.75) is 4.90 Å². The number of rotatable bonds is 6. The number of aryl methyl sites for hydroxylation is 1. The van der Waals surface area contributed by atoms with Crippen LogP contribution in [0.1, 0.15) is 0 Å². The van der Waals surface area contributed by atoms with Crippen LogP contribution in [0.5, 0.6) is 5.88 Å². The number of benzene rings is 2. The number of ether oxygens (including phenoxy) is 1. The van der Waals surface area contributed by atoms with Crippen LogP contribution in [-0.4, -0.2) is 39.8 Å². The molecule has 0 bridgehead atoms. The molecule has 182 valence electrons. The van der Waals surface area contributed by atoms with Crippen molar-refractivity contribution in [3.63, 3.8) is 0 Å². The molecule has 0 aliphatic rings. The number of para-hydroxylation sites is 1. The van der Waals surface area contributed by atoms with E-state index in [0.717, 1.165) is 0 Å². The van der Waals surface area contributed by atoms with Crippen molar-refractivity contribution < 1.29 is 13.2 Å². The smallest absolute Gasteiger partial charge is 0.267 e. The summed E-state index contributed by atoms with van der Waals surface area (Å²) < 4.78 is 36.7. The molecule has 3 N–H and O–H groups in total. The van der Waals surface area contributed by atoms with Crippen LogP contribution in [-0.2, 0) is 17.1 Å². The molecular weight excluding hydrogens is 482 g/mol. The van der Waals surface area contributed by atoms with Crippen molar-refractivity contribution in [2.24, 2.45) is 7.05 Å². The van der Waals surface area contributed by atoms with E-state index in [9.17, 15) is 13.2 Å². The Morgan fingerprint density at radius 2 is 1.81 bits per heavy atom. The third kappa shape index (κ3) is 4.14.